The Balaban J connectivity index is 2.85. The maximum absolute atomic E-state index is 4.59. The molecule has 0 aromatic heterocycles. The minimum atomic E-state index is 1.00. The van der Waals surface area contributed by atoms with E-state index in [9.17, 15) is 0 Å². The molecule has 0 saturated heterocycles. The molecule has 0 atom stereocenters. The largest absolute Gasteiger partial charge is 0.322 e. The number of quaternary nitrogens is 1. The Morgan fingerprint density at radius 1 is 1.28 bits per heavy atom. The highest BCUT2D eigenvalue weighted by atomic mass is 15.4. The van der Waals surface area contributed by atoms with E-state index in [0.717, 1.165) is 17.0 Å². The normalized spacial score (nSPS) is 13.1. The first-order valence-corrected chi connectivity index (χ1v) is 6.15. The van der Waals surface area contributed by atoms with Gasteiger partial charge >= 0.3 is 0 Å². The summed E-state index contributed by atoms with van der Waals surface area (Å²) in [5, 5.41) is 8.49. The molecule has 0 fully saturated rings. The molecule has 1 aromatic carbocycles. The summed E-state index contributed by atoms with van der Waals surface area (Å²) in [5.74, 6) is 0. The fourth-order valence-corrected chi connectivity index (χ4v) is 1.61. The Morgan fingerprint density at radius 2 is 1.94 bits per heavy atom. The lowest BCUT2D eigenvalue weighted by molar-refractivity contribution is -0.556. The molecule has 0 amide bonds. The number of anilines is 1. The van der Waals surface area contributed by atoms with Crippen LogP contribution in [0.2, 0.25) is 0 Å². The third-order valence-corrected chi connectivity index (χ3v) is 2.63. The zero-order chi connectivity index (χ0) is 13.4. The van der Waals surface area contributed by atoms with Crippen LogP contribution in [0.3, 0.4) is 0 Å². The summed E-state index contributed by atoms with van der Waals surface area (Å²) < 4.78 is 0. The molecule has 0 bridgehead atoms. The molecule has 1 aromatic rings. The second kappa shape index (κ2) is 7.45. The first-order valence-electron chi connectivity index (χ1n) is 6.15. The van der Waals surface area contributed by atoms with Crippen molar-refractivity contribution in [3.63, 3.8) is 0 Å². The summed E-state index contributed by atoms with van der Waals surface area (Å²) in [6.45, 7) is 4.05. The van der Waals surface area contributed by atoms with Crippen molar-refractivity contribution in [3.8, 4) is 0 Å². The summed E-state index contributed by atoms with van der Waals surface area (Å²) in [6, 6.07) is 10.1. The topological polar surface area (TPSA) is 32.2 Å². The number of allylic oxidation sites excluding steroid dienone is 3. The highest BCUT2D eigenvalue weighted by molar-refractivity contribution is 6.01. The van der Waals surface area contributed by atoms with Crippen molar-refractivity contribution in [2.24, 2.45) is 5.10 Å². The number of hydrazone groups is 1. The fraction of sp³-hybridized carbons (Fsp3) is 0.267. The van der Waals surface area contributed by atoms with Gasteiger partial charge in [-0.1, -0.05) is 24.3 Å². The molecule has 0 aliphatic rings. The van der Waals surface area contributed by atoms with Gasteiger partial charge in [-0.2, -0.15) is 5.10 Å². The number of rotatable bonds is 5. The van der Waals surface area contributed by atoms with Crippen molar-refractivity contribution in [3.05, 3.63) is 54.3 Å². The summed E-state index contributed by atoms with van der Waals surface area (Å²) in [4.78, 5) is 0. The Bertz CT molecular complexity index is 444. The van der Waals surface area contributed by atoms with Gasteiger partial charge in [0.1, 0.15) is 0 Å². The second-order valence-electron chi connectivity index (χ2n) is 3.98. The highest BCUT2D eigenvalue weighted by Crippen LogP contribution is 2.12. The van der Waals surface area contributed by atoms with Gasteiger partial charge < -0.3 is 5.32 Å². The van der Waals surface area contributed by atoms with Crippen LogP contribution < -0.4 is 10.3 Å². The van der Waals surface area contributed by atoms with Crippen LogP contribution in [-0.4, -0.2) is 19.8 Å². The summed E-state index contributed by atoms with van der Waals surface area (Å²) >= 11 is 0. The van der Waals surface area contributed by atoms with Crippen molar-refractivity contribution in [2.75, 3.05) is 19.1 Å². The molecule has 3 nitrogen and oxygen atoms in total. The molecule has 0 radical (unpaired) electrons. The van der Waals surface area contributed by atoms with Crippen LogP contribution >= 0.6 is 0 Å². The van der Waals surface area contributed by atoms with Gasteiger partial charge in [-0.3, -0.25) is 5.01 Å². The molecule has 0 spiro atoms. The van der Waals surface area contributed by atoms with Crippen LogP contribution in [0.25, 0.3) is 0 Å². The fourth-order valence-electron chi connectivity index (χ4n) is 1.61. The number of para-hydroxylation sites is 1. The molecule has 0 unspecified atom stereocenters. The van der Waals surface area contributed by atoms with E-state index >= 15 is 0 Å². The Labute approximate surface area is 110 Å². The average Bonchev–Trinajstić information content (AvgIpc) is 2.40. The van der Waals surface area contributed by atoms with Crippen LogP contribution in [0.1, 0.15) is 13.8 Å². The quantitative estimate of drug-likeness (QED) is 0.480. The van der Waals surface area contributed by atoms with Crippen molar-refractivity contribution in [1.29, 1.82) is 0 Å². The first-order chi connectivity index (χ1) is 8.69. The van der Waals surface area contributed by atoms with Crippen LogP contribution in [0.5, 0.6) is 0 Å². The van der Waals surface area contributed by atoms with E-state index in [1.165, 1.54) is 0 Å². The van der Waals surface area contributed by atoms with E-state index in [0.29, 0.717) is 0 Å². The van der Waals surface area contributed by atoms with Crippen LogP contribution in [-0.2, 0) is 0 Å². The predicted molar refractivity (Wildman–Crippen MR) is 78.7 cm³/mol. The number of nitrogens with two attached hydrogens (primary N) is 1. The predicted octanol–water partition coefficient (Wildman–Crippen LogP) is 2.15. The highest BCUT2D eigenvalue weighted by Gasteiger charge is 2.01. The molecule has 0 heterocycles. The molecule has 2 N–H and O–H groups in total. The SMILES string of the molecule is C/C=C(\C=C/[NH2+]C)C(/C)=N/N(C)c1ccccc1. The molecule has 3 heteroatoms. The monoisotopic (exact) mass is 244 g/mol. The molecule has 96 valence electrons. The van der Waals surface area contributed by atoms with Gasteiger partial charge in [0.15, 0.2) is 0 Å². The van der Waals surface area contributed by atoms with E-state index in [1.54, 1.807) is 0 Å². The van der Waals surface area contributed by atoms with Gasteiger partial charge in [0.2, 0.25) is 0 Å². The molecule has 18 heavy (non-hydrogen) atoms. The van der Waals surface area contributed by atoms with E-state index in [2.05, 4.69) is 17.3 Å². The van der Waals surface area contributed by atoms with Crippen LogP contribution in [0, 0.1) is 0 Å². The minimum Gasteiger partial charge on any atom is -0.322 e. The standard InChI is InChI=1S/C15H21N3/c1-5-14(11-12-16-3)13(2)17-18(4)15-9-7-6-8-10-15/h5-12,16H,1-4H3/p+1/b12-11-,14-5+,17-13+. The molecular formula is C15H22N3+. The van der Waals surface area contributed by atoms with Gasteiger partial charge in [-0.05, 0) is 37.6 Å². The van der Waals surface area contributed by atoms with E-state index in [-0.39, 0.29) is 0 Å². The van der Waals surface area contributed by atoms with Crippen molar-refractivity contribution >= 4 is 11.4 Å². The Kier molecular flexibility index (Phi) is 5.88. The van der Waals surface area contributed by atoms with Gasteiger partial charge in [-0.25, -0.2) is 0 Å². The number of hydrogen-bond donors (Lipinski definition) is 1. The summed E-state index contributed by atoms with van der Waals surface area (Å²) in [5.41, 5.74) is 3.22. The molecule has 0 aliphatic carbocycles. The molecule has 1 rings (SSSR count). The first kappa shape index (κ1) is 14.2. The second-order valence-corrected chi connectivity index (χ2v) is 3.98. The van der Waals surface area contributed by atoms with Gasteiger partial charge in [0.25, 0.3) is 0 Å². The average molecular weight is 244 g/mol. The molecule has 0 aliphatic heterocycles. The maximum Gasteiger partial charge on any atom is 0.0930 e. The van der Waals surface area contributed by atoms with Crippen molar-refractivity contribution in [2.45, 2.75) is 13.8 Å². The molecule has 0 saturated carbocycles. The number of nitrogens with zero attached hydrogens (tertiary/aromatic N) is 2. The lowest BCUT2D eigenvalue weighted by atomic mass is 10.1. The minimum absolute atomic E-state index is 1.00. The zero-order valence-electron chi connectivity index (χ0n) is 11.6. The maximum atomic E-state index is 4.59. The lowest BCUT2D eigenvalue weighted by Crippen LogP contribution is -2.72. The lowest BCUT2D eigenvalue weighted by Gasteiger charge is -2.14. The number of hydrogen-bond acceptors (Lipinski definition) is 2. The zero-order valence-corrected chi connectivity index (χ0v) is 11.6. The summed E-state index contributed by atoms with van der Waals surface area (Å²) in [6.07, 6.45) is 6.16. The van der Waals surface area contributed by atoms with Gasteiger partial charge in [0, 0.05) is 7.05 Å². The van der Waals surface area contributed by atoms with E-state index < -0.39 is 0 Å². The molecular weight excluding hydrogens is 222 g/mol. The van der Waals surface area contributed by atoms with Gasteiger partial charge in [0.05, 0.1) is 24.6 Å². The smallest absolute Gasteiger partial charge is 0.0930 e. The van der Waals surface area contributed by atoms with Crippen LogP contribution in [0.4, 0.5) is 5.69 Å². The van der Waals surface area contributed by atoms with Gasteiger partial charge in [-0.15, -0.1) is 0 Å². The van der Waals surface area contributed by atoms with Crippen molar-refractivity contribution in [1.82, 2.24) is 0 Å². The van der Waals surface area contributed by atoms with E-state index in [4.69, 9.17) is 0 Å². The van der Waals surface area contributed by atoms with Crippen LogP contribution in [0.15, 0.2) is 59.4 Å². The Hall–Kier alpha value is -1.87. The number of benzene rings is 1. The third kappa shape index (κ3) is 4.18. The van der Waals surface area contributed by atoms with E-state index in [1.807, 2.05) is 74.8 Å². The Morgan fingerprint density at radius 3 is 2.50 bits per heavy atom. The third-order valence-electron chi connectivity index (χ3n) is 2.63. The van der Waals surface area contributed by atoms with Crippen molar-refractivity contribution < 1.29 is 5.32 Å². The summed E-state index contributed by atoms with van der Waals surface area (Å²) in [7, 11) is 3.97.